The maximum absolute atomic E-state index is 12.0. The number of carbonyl (C=O) groups excluding carboxylic acids is 1. The lowest BCUT2D eigenvalue weighted by Gasteiger charge is -2.39. The molecule has 0 radical (unpaired) electrons. The fourth-order valence-corrected chi connectivity index (χ4v) is 2.91. The lowest BCUT2D eigenvalue weighted by atomic mass is 9.77. The van der Waals surface area contributed by atoms with Crippen molar-refractivity contribution in [2.45, 2.75) is 32.7 Å². The van der Waals surface area contributed by atoms with E-state index in [1.807, 2.05) is 0 Å². The van der Waals surface area contributed by atoms with Crippen LogP contribution in [0.2, 0.25) is 10.0 Å². The number of nitrogens with one attached hydrogen (secondary N) is 3. The van der Waals surface area contributed by atoms with Crippen molar-refractivity contribution >= 4 is 34.9 Å². The molecule has 6 heteroatoms. The van der Waals surface area contributed by atoms with Crippen molar-refractivity contribution < 1.29 is 4.79 Å². The Hall–Kier alpha value is -0.970. The van der Waals surface area contributed by atoms with Crippen LogP contribution in [0.25, 0.3) is 0 Å². The number of hydrogen-bond donors (Lipinski definition) is 3. The summed E-state index contributed by atoms with van der Waals surface area (Å²) in [6.45, 7) is 6.02. The number of carbonyl (C=O) groups is 1. The van der Waals surface area contributed by atoms with E-state index in [0.717, 1.165) is 13.0 Å². The van der Waals surface area contributed by atoms with Crippen molar-refractivity contribution in [1.82, 2.24) is 10.6 Å². The molecular formula is C15H21Cl2N3O. The van der Waals surface area contributed by atoms with Crippen LogP contribution in [0.1, 0.15) is 26.7 Å². The molecule has 1 fully saturated rings. The number of amides is 2. The average Bonchev–Trinajstić information content (AvgIpc) is 2.41. The highest BCUT2D eigenvalue weighted by molar-refractivity contribution is 6.35. The van der Waals surface area contributed by atoms with E-state index in [0.29, 0.717) is 22.3 Å². The molecule has 1 aromatic rings. The highest BCUT2D eigenvalue weighted by atomic mass is 35.5. The van der Waals surface area contributed by atoms with E-state index < -0.39 is 0 Å². The summed E-state index contributed by atoms with van der Waals surface area (Å²) in [6, 6.07) is 4.97. The van der Waals surface area contributed by atoms with Crippen molar-refractivity contribution in [2.75, 3.05) is 18.4 Å². The minimum absolute atomic E-state index is 0.180. The summed E-state index contributed by atoms with van der Waals surface area (Å²) < 4.78 is 0. The number of hydrogen-bond acceptors (Lipinski definition) is 2. The molecule has 2 amide bonds. The summed E-state index contributed by atoms with van der Waals surface area (Å²) in [5.41, 5.74) is 0.691. The Labute approximate surface area is 135 Å². The molecule has 4 nitrogen and oxygen atoms in total. The molecule has 0 aliphatic carbocycles. The minimum Gasteiger partial charge on any atom is -0.336 e. The second-order valence-corrected chi connectivity index (χ2v) is 6.90. The summed E-state index contributed by atoms with van der Waals surface area (Å²) in [4.78, 5) is 12.0. The summed E-state index contributed by atoms with van der Waals surface area (Å²) in [6.07, 6.45) is 2.34. The second-order valence-electron chi connectivity index (χ2n) is 6.06. The van der Waals surface area contributed by atoms with E-state index in [1.165, 1.54) is 6.42 Å². The van der Waals surface area contributed by atoms with E-state index in [1.54, 1.807) is 18.2 Å². The normalized spacial score (nSPS) is 20.9. The quantitative estimate of drug-likeness (QED) is 0.787. The molecule has 1 aliphatic rings. The summed E-state index contributed by atoms with van der Waals surface area (Å²) >= 11 is 11.9. The minimum atomic E-state index is -0.276. The molecule has 3 N–H and O–H groups in total. The molecule has 1 heterocycles. The van der Waals surface area contributed by atoms with Gasteiger partial charge in [-0.3, -0.25) is 0 Å². The third-order valence-electron chi connectivity index (χ3n) is 3.98. The Kier molecular flexibility index (Phi) is 5.36. The smallest absolute Gasteiger partial charge is 0.319 e. The van der Waals surface area contributed by atoms with Gasteiger partial charge in [0, 0.05) is 17.6 Å². The maximum Gasteiger partial charge on any atom is 0.319 e. The highest BCUT2D eigenvalue weighted by Gasteiger charge is 2.31. The molecular weight excluding hydrogens is 309 g/mol. The lowest BCUT2D eigenvalue weighted by Crippen LogP contribution is -2.53. The largest absolute Gasteiger partial charge is 0.336 e. The molecule has 1 aromatic carbocycles. The van der Waals surface area contributed by atoms with Crippen molar-refractivity contribution in [3.8, 4) is 0 Å². The van der Waals surface area contributed by atoms with Gasteiger partial charge >= 0.3 is 6.03 Å². The van der Waals surface area contributed by atoms with Gasteiger partial charge in [-0.15, -0.1) is 0 Å². The van der Waals surface area contributed by atoms with Crippen LogP contribution < -0.4 is 16.0 Å². The zero-order chi connectivity index (χ0) is 15.5. The summed E-state index contributed by atoms with van der Waals surface area (Å²) in [5, 5.41) is 10.1. The first-order valence-electron chi connectivity index (χ1n) is 7.12. The first-order valence-corrected chi connectivity index (χ1v) is 7.87. The number of piperidine rings is 1. The van der Waals surface area contributed by atoms with E-state index in [2.05, 4.69) is 29.8 Å². The van der Waals surface area contributed by atoms with Crippen LogP contribution >= 0.6 is 23.2 Å². The maximum atomic E-state index is 12.0. The lowest BCUT2D eigenvalue weighted by molar-refractivity contribution is 0.177. The monoisotopic (exact) mass is 329 g/mol. The number of anilines is 1. The van der Waals surface area contributed by atoms with Crippen molar-refractivity contribution in [3.63, 3.8) is 0 Å². The van der Waals surface area contributed by atoms with Crippen LogP contribution in [0, 0.1) is 5.41 Å². The van der Waals surface area contributed by atoms with Gasteiger partial charge in [-0.25, -0.2) is 4.79 Å². The Morgan fingerprint density at radius 2 is 2.19 bits per heavy atom. The first-order chi connectivity index (χ1) is 9.88. The third kappa shape index (κ3) is 4.50. The molecule has 116 valence electrons. The fourth-order valence-electron chi connectivity index (χ4n) is 2.57. The van der Waals surface area contributed by atoms with Gasteiger partial charge in [0.15, 0.2) is 0 Å². The first kappa shape index (κ1) is 16.4. The van der Waals surface area contributed by atoms with Crippen LogP contribution in [0.15, 0.2) is 18.2 Å². The molecule has 0 saturated carbocycles. The van der Waals surface area contributed by atoms with Gasteiger partial charge in [-0.1, -0.05) is 37.0 Å². The van der Waals surface area contributed by atoms with Crippen molar-refractivity contribution in [2.24, 2.45) is 5.41 Å². The topological polar surface area (TPSA) is 53.2 Å². The molecule has 1 saturated heterocycles. The van der Waals surface area contributed by atoms with Gasteiger partial charge in [-0.05, 0) is 43.0 Å². The van der Waals surface area contributed by atoms with Gasteiger partial charge in [-0.2, -0.15) is 0 Å². The van der Waals surface area contributed by atoms with Crippen LogP contribution in [0.5, 0.6) is 0 Å². The zero-order valence-corrected chi connectivity index (χ0v) is 13.8. The number of rotatable bonds is 3. The number of benzene rings is 1. The molecule has 0 spiro atoms. The standard InChI is InChI=1S/C15H21Cl2N3O/c1-15(2)6-3-7-18-13(15)9-19-14(21)20-12-8-10(16)4-5-11(12)17/h4-5,8,13,18H,3,6-7,9H2,1-2H3,(H2,19,20,21). The predicted octanol–water partition coefficient (Wildman–Crippen LogP) is 3.89. The molecule has 1 aliphatic heterocycles. The highest BCUT2D eigenvalue weighted by Crippen LogP contribution is 2.29. The molecule has 1 atom stereocenters. The zero-order valence-electron chi connectivity index (χ0n) is 12.3. The van der Waals surface area contributed by atoms with Gasteiger partial charge in [0.05, 0.1) is 10.7 Å². The molecule has 2 rings (SSSR count). The van der Waals surface area contributed by atoms with Gasteiger partial charge in [0.25, 0.3) is 0 Å². The Balaban J connectivity index is 1.89. The molecule has 1 unspecified atom stereocenters. The second kappa shape index (κ2) is 6.86. The van der Waals surface area contributed by atoms with Crippen LogP contribution in [0.3, 0.4) is 0 Å². The molecule has 21 heavy (non-hydrogen) atoms. The van der Waals surface area contributed by atoms with Crippen LogP contribution in [-0.2, 0) is 0 Å². The molecule has 0 bridgehead atoms. The van der Waals surface area contributed by atoms with E-state index >= 15 is 0 Å². The number of halogens is 2. The van der Waals surface area contributed by atoms with Gasteiger partial charge in [0.1, 0.15) is 0 Å². The fraction of sp³-hybridized carbons (Fsp3) is 0.533. The number of urea groups is 1. The Morgan fingerprint density at radius 1 is 1.43 bits per heavy atom. The predicted molar refractivity (Wildman–Crippen MR) is 88.3 cm³/mol. The van der Waals surface area contributed by atoms with E-state index in [-0.39, 0.29) is 17.5 Å². The van der Waals surface area contributed by atoms with E-state index in [9.17, 15) is 4.79 Å². The van der Waals surface area contributed by atoms with Crippen LogP contribution in [-0.4, -0.2) is 25.2 Å². The summed E-state index contributed by atoms with van der Waals surface area (Å²) in [7, 11) is 0. The Morgan fingerprint density at radius 3 is 2.90 bits per heavy atom. The van der Waals surface area contributed by atoms with Crippen molar-refractivity contribution in [3.05, 3.63) is 28.2 Å². The summed E-state index contributed by atoms with van der Waals surface area (Å²) in [5.74, 6) is 0. The van der Waals surface area contributed by atoms with Gasteiger partial charge in [0.2, 0.25) is 0 Å². The van der Waals surface area contributed by atoms with E-state index in [4.69, 9.17) is 23.2 Å². The van der Waals surface area contributed by atoms with Crippen molar-refractivity contribution in [1.29, 1.82) is 0 Å². The Bertz CT molecular complexity index is 520. The van der Waals surface area contributed by atoms with Gasteiger partial charge < -0.3 is 16.0 Å². The average molecular weight is 330 g/mol. The molecule has 0 aromatic heterocycles. The SMILES string of the molecule is CC1(C)CCCNC1CNC(=O)Nc1cc(Cl)ccc1Cl. The van der Waals surface area contributed by atoms with Crippen LogP contribution in [0.4, 0.5) is 10.5 Å². The third-order valence-corrected chi connectivity index (χ3v) is 4.54.